The topological polar surface area (TPSA) is 66.4 Å². The molecule has 2 aromatic rings. The van der Waals surface area contributed by atoms with Crippen LogP contribution in [0.15, 0.2) is 48.5 Å². The Morgan fingerprint density at radius 2 is 1.33 bits per heavy atom. The normalized spacial score (nSPS) is 10.6. The van der Waals surface area contributed by atoms with E-state index in [1.54, 1.807) is 0 Å². The van der Waals surface area contributed by atoms with Gasteiger partial charge in [0.2, 0.25) is 5.91 Å². The first kappa shape index (κ1) is 17.7. The van der Waals surface area contributed by atoms with Crippen LogP contribution in [-0.2, 0) is 9.59 Å². The maximum Gasteiger partial charge on any atom is 0.303 e. The van der Waals surface area contributed by atoms with Crippen molar-refractivity contribution in [2.75, 3.05) is 0 Å². The van der Waals surface area contributed by atoms with Crippen molar-refractivity contribution in [3.05, 3.63) is 70.8 Å². The zero-order chi connectivity index (χ0) is 17.5. The minimum absolute atomic E-state index is 0.00709. The number of benzene rings is 2. The zero-order valence-electron chi connectivity index (χ0n) is 14.1. The third-order valence-electron chi connectivity index (χ3n) is 3.92. The van der Waals surface area contributed by atoms with E-state index in [9.17, 15) is 9.59 Å². The van der Waals surface area contributed by atoms with Crippen molar-refractivity contribution < 1.29 is 14.7 Å². The molecule has 1 amide bonds. The number of hydrogen-bond acceptors (Lipinski definition) is 2. The molecule has 0 saturated carbocycles. The van der Waals surface area contributed by atoms with E-state index in [1.165, 1.54) is 0 Å². The molecule has 0 saturated heterocycles. The Hall–Kier alpha value is -2.62. The first-order valence-electron chi connectivity index (χ1n) is 8.10. The lowest BCUT2D eigenvalue weighted by molar-refractivity contribution is -0.137. The van der Waals surface area contributed by atoms with E-state index in [0.29, 0.717) is 6.42 Å². The molecule has 24 heavy (non-hydrogen) atoms. The maximum atomic E-state index is 12.2. The summed E-state index contributed by atoms with van der Waals surface area (Å²) in [5, 5.41) is 11.7. The third-order valence-corrected chi connectivity index (χ3v) is 3.92. The predicted octanol–water partition coefficient (Wildman–Crippen LogP) is 3.76. The van der Waals surface area contributed by atoms with E-state index in [-0.39, 0.29) is 24.8 Å². The minimum Gasteiger partial charge on any atom is -0.481 e. The average molecular weight is 325 g/mol. The highest BCUT2D eigenvalue weighted by Gasteiger charge is 2.17. The molecule has 4 heteroatoms. The molecule has 0 atom stereocenters. The number of amides is 1. The minimum atomic E-state index is -0.878. The van der Waals surface area contributed by atoms with Crippen LogP contribution in [0.4, 0.5) is 0 Å². The highest BCUT2D eigenvalue weighted by molar-refractivity contribution is 5.77. The van der Waals surface area contributed by atoms with E-state index in [0.717, 1.165) is 22.3 Å². The van der Waals surface area contributed by atoms with Crippen molar-refractivity contribution in [3.8, 4) is 0 Å². The summed E-state index contributed by atoms with van der Waals surface area (Å²) in [6.07, 6.45) is 0.559. The summed E-state index contributed by atoms with van der Waals surface area (Å²) in [4.78, 5) is 22.8. The first-order valence-corrected chi connectivity index (χ1v) is 8.10. The zero-order valence-corrected chi connectivity index (χ0v) is 14.1. The van der Waals surface area contributed by atoms with Crippen LogP contribution in [0.25, 0.3) is 0 Å². The van der Waals surface area contributed by atoms with Crippen LogP contribution < -0.4 is 5.32 Å². The molecule has 4 nitrogen and oxygen atoms in total. The van der Waals surface area contributed by atoms with Crippen molar-refractivity contribution in [1.82, 2.24) is 5.32 Å². The van der Waals surface area contributed by atoms with Gasteiger partial charge in [0.1, 0.15) is 0 Å². The Balaban J connectivity index is 2.16. The Morgan fingerprint density at radius 1 is 0.875 bits per heavy atom. The fraction of sp³-hybridized carbons (Fsp3) is 0.300. The lowest BCUT2D eigenvalue weighted by Gasteiger charge is -2.20. The van der Waals surface area contributed by atoms with Crippen LogP contribution in [0.3, 0.4) is 0 Å². The van der Waals surface area contributed by atoms with E-state index in [4.69, 9.17) is 5.11 Å². The first-order chi connectivity index (χ1) is 11.5. The van der Waals surface area contributed by atoms with Gasteiger partial charge in [0.15, 0.2) is 0 Å². The summed E-state index contributed by atoms with van der Waals surface area (Å²) in [6.45, 7) is 4.05. The summed E-state index contributed by atoms with van der Waals surface area (Å²) >= 11 is 0. The van der Waals surface area contributed by atoms with E-state index < -0.39 is 5.97 Å². The van der Waals surface area contributed by atoms with Gasteiger partial charge >= 0.3 is 5.97 Å². The van der Waals surface area contributed by atoms with Crippen LogP contribution >= 0.6 is 0 Å². The molecular weight excluding hydrogens is 302 g/mol. The molecule has 0 aromatic heterocycles. The van der Waals surface area contributed by atoms with Crippen LogP contribution in [0, 0.1) is 13.8 Å². The Morgan fingerprint density at radius 3 is 1.75 bits per heavy atom. The van der Waals surface area contributed by atoms with E-state index >= 15 is 0 Å². The van der Waals surface area contributed by atoms with Gasteiger partial charge in [0.05, 0.1) is 6.04 Å². The Kier molecular flexibility index (Phi) is 6.13. The maximum absolute atomic E-state index is 12.2. The van der Waals surface area contributed by atoms with Crippen LogP contribution in [0.2, 0.25) is 0 Å². The van der Waals surface area contributed by atoms with E-state index in [2.05, 4.69) is 5.32 Å². The van der Waals surface area contributed by atoms with Gasteiger partial charge in [-0.15, -0.1) is 0 Å². The van der Waals surface area contributed by atoms with Gasteiger partial charge in [-0.3, -0.25) is 9.59 Å². The number of carboxylic acids is 1. The third kappa shape index (κ3) is 5.23. The molecular formula is C20H23NO3. The highest BCUT2D eigenvalue weighted by Crippen LogP contribution is 2.23. The summed E-state index contributed by atoms with van der Waals surface area (Å²) < 4.78 is 0. The standard InChI is InChI=1S/C20H23NO3/c1-14-6-10-16(11-7-14)20(17-12-8-15(2)9-13-17)21-18(22)4-3-5-19(23)24/h6-13,20H,3-5H2,1-2H3,(H,21,22)(H,23,24). The summed E-state index contributed by atoms with van der Waals surface area (Å²) in [7, 11) is 0. The lowest BCUT2D eigenvalue weighted by Crippen LogP contribution is -2.29. The van der Waals surface area contributed by atoms with Gasteiger partial charge in [-0.25, -0.2) is 0 Å². The van der Waals surface area contributed by atoms with Crippen LogP contribution in [0.1, 0.15) is 47.6 Å². The van der Waals surface area contributed by atoms with Gasteiger partial charge < -0.3 is 10.4 Å². The number of nitrogens with one attached hydrogen (secondary N) is 1. The van der Waals surface area contributed by atoms with Gasteiger partial charge in [0.25, 0.3) is 0 Å². The molecule has 0 radical (unpaired) electrons. The largest absolute Gasteiger partial charge is 0.481 e. The second-order valence-corrected chi connectivity index (χ2v) is 6.07. The molecule has 0 spiro atoms. The summed E-state index contributed by atoms with van der Waals surface area (Å²) in [5.41, 5.74) is 4.34. The number of aliphatic carboxylic acids is 1. The second kappa shape index (κ2) is 8.29. The van der Waals surface area contributed by atoms with Crippen molar-refractivity contribution in [3.63, 3.8) is 0 Å². The molecule has 0 aliphatic heterocycles. The van der Waals surface area contributed by atoms with Crippen molar-refractivity contribution in [1.29, 1.82) is 0 Å². The van der Waals surface area contributed by atoms with E-state index in [1.807, 2.05) is 62.4 Å². The van der Waals surface area contributed by atoms with Gasteiger partial charge in [0, 0.05) is 12.8 Å². The molecule has 0 aliphatic rings. The lowest BCUT2D eigenvalue weighted by atomic mass is 9.96. The number of rotatable bonds is 7. The molecule has 0 aliphatic carbocycles. The fourth-order valence-electron chi connectivity index (χ4n) is 2.51. The number of carbonyl (C=O) groups is 2. The molecule has 2 rings (SSSR count). The van der Waals surface area contributed by atoms with Gasteiger partial charge in [-0.2, -0.15) is 0 Å². The number of carboxylic acid groups (broad SMARTS) is 1. The SMILES string of the molecule is Cc1ccc(C(NC(=O)CCCC(=O)O)c2ccc(C)cc2)cc1. The van der Waals surface area contributed by atoms with Crippen molar-refractivity contribution >= 4 is 11.9 Å². The second-order valence-electron chi connectivity index (χ2n) is 6.07. The monoisotopic (exact) mass is 325 g/mol. The predicted molar refractivity (Wildman–Crippen MR) is 93.8 cm³/mol. The van der Waals surface area contributed by atoms with Crippen molar-refractivity contribution in [2.24, 2.45) is 0 Å². The number of hydrogen-bond donors (Lipinski definition) is 2. The number of aryl methyl sites for hydroxylation is 2. The molecule has 2 aromatic carbocycles. The molecule has 2 N–H and O–H groups in total. The fourth-order valence-corrected chi connectivity index (χ4v) is 2.51. The highest BCUT2D eigenvalue weighted by atomic mass is 16.4. The van der Waals surface area contributed by atoms with Gasteiger partial charge in [-0.1, -0.05) is 59.7 Å². The molecule has 0 heterocycles. The quantitative estimate of drug-likeness (QED) is 0.814. The average Bonchev–Trinajstić information content (AvgIpc) is 2.54. The Bertz CT molecular complexity index is 644. The van der Waals surface area contributed by atoms with Crippen LogP contribution in [0.5, 0.6) is 0 Å². The van der Waals surface area contributed by atoms with Gasteiger partial charge in [-0.05, 0) is 31.4 Å². The van der Waals surface area contributed by atoms with Crippen LogP contribution in [-0.4, -0.2) is 17.0 Å². The molecule has 0 unspecified atom stereocenters. The molecule has 126 valence electrons. The smallest absolute Gasteiger partial charge is 0.303 e. The number of carbonyl (C=O) groups excluding carboxylic acids is 1. The van der Waals surface area contributed by atoms with Crippen molar-refractivity contribution in [2.45, 2.75) is 39.2 Å². The summed E-state index contributed by atoms with van der Waals surface area (Å²) in [5.74, 6) is -1.01. The summed E-state index contributed by atoms with van der Waals surface area (Å²) in [6, 6.07) is 15.9. The molecule has 0 fully saturated rings. The molecule has 0 bridgehead atoms. The Labute approximate surface area is 142 Å².